The van der Waals surface area contributed by atoms with Crippen molar-refractivity contribution in [2.75, 3.05) is 0 Å². The second-order valence-electron chi connectivity index (χ2n) is 1.09. The monoisotopic (exact) mass is 127 g/mol. The fourth-order valence-corrected chi connectivity index (χ4v) is 0. The Morgan fingerprint density at radius 3 is 1.75 bits per heavy atom. The summed E-state index contributed by atoms with van der Waals surface area (Å²) in [4.78, 5) is 9.60. The van der Waals surface area contributed by atoms with Gasteiger partial charge < -0.3 is 11.3 Å². The van der Waals surface area contributed by atoms with Crippen LogP contribution in [0.25, 0.3) is 0 Å². The van der Waals surface area contributed by atoms with Crippen LogP contribution in [-0.4, -0.2) is 40.6 Å². The molecule has 0 spiro atoms. The third kappa shape index (κ3) is 9.48. The van der Waals surface area contributed by atoms with Gasteiger partial charge in [-0.25, -0.2) is 4.79 Å². The summed E-state index contributed by atoms with van der Waals surface area (Å²) in [6.07, 6.45) is 0. The van der Waals surface area contributed by atoms with Crippen LogP contribution in [0, 0.1) is 0 Å². The van der Waals surface area contributed by atoms with Crippen molar-refractivity contribution in [3.8, 4) is 0 Å². The Morgan fingerprint density at radius 2 is 1.75 bits per heavy atom. The molecule has 0 heterocycles. The van der Waals surface area contributed by atoms with E-state index in [1.54, 1.807) is 0 Å². The van der Waals surface area contributed by atoms with E-state index >= 15 is 0 Å². The summed E-state index contributed by atoms with van der Waals surface area (Å²) in [6, 6.07) is 0. The minimum atomic E-state index is -0.935. The Balaban J connectivity index is -0.000000125. The third-order valence-corrected chi connectivity index (χ3v) is 0.365. The van der Waals surface area contributed by atoms with E-state index in [2.05, 4.69) is 6.58 Å². The summed E-state index contributed by atoms with van der Waals surface area (Å²) < 4.78 is 0. The molecule has 0 aliphatic rings. The van der Waals surface area contributed by atoms with Crippen molar-refractivity contribution < 1.29 is 9.90 Å². The Morgan fingerprint density at radius 1 is 1.62 bits per heavy atom. The van der Waals surface area contributed by atoms with Gasteiger partial charge in [-0.2, -0.15) is 0 Å². The number of aliphatic carboxylic acids is 1. The van der Waals surface area contributed by atoms with E-state index in [1.807, 2.05) is 0 Å². The Bertz CT molecular complexity index is 80.0. The molecule has 0 aliphatic carbocycles. The molecule has 0 aliphatic heterocycles. The van der Waals surface area contributed by atoms with Gasteiger partial charge in [0.2, 0.25) is 0 Å². The topological polar surface area (TPSA) is 72.3 Å². The molecule has 8 heavy (non-hydrogen) atoms. The third-order valence-electron chi connectivity index (χ3n) is 0.365. The van der Waals surface area contributed by atoms with Crippen LogP contribution in [0.4, 0.5) is 0 Å². The summed E-state index contributed by atoms with van der Waals surface area (Å²) in [5.74, 6) is -0.935. The number of hydrogen-bond donors (Lipinski definition) is 2. The van der Waals surface area contributed by atoms with Gasteiger partial charge in [0.05, 0.1) is 0 Å². The molecule has 0 aromatic rings. The molecule has 0 rings (SSSR count). The van der Waals surface area contributed by atoms with E-state index < -0.39 is 5.97 Å². The van der Waals surface area contributed by atoms with Gasteiger partial charge in [0.1, 0.15) is 0 Å². The SMILES string of the molecule is C=C(C)C(=O)O.N.[NaH]. The molecule has 0 bridgehead atoms. The standard InChI is InChI=1S/C4H6O2.H3N.Na.H/c1-3(2)4(5)6;;;/h1H2,2H3,(H,5,6);1H3;;. The van der Waals surface area contributed by atoms with E-state index in [9.17, 15) is 4.79 Å². The molecule has 0 fully saturated rings. The van der Waals surface area contributed by atoms with E-state index in [0.29, 0.717) is 0 Å². The van der Waals surface area contributed by atoms with Crippen LogP contribution in [0.5, 0.6) is 0 Å². The van der Waals surface area contributed by atoms with Gasteiger partial charge in [-0.15, -0.1) is 0 Å². The van der Waals surface area contributed by atoms with Gasteiger partial charge in [-0.1, -0.05) is 6.58 Å². The second kappa shape index (κ2) is 7.17. The average Bonchev–Trinajstić information content (AvgIpc) is 1.36. The number of rotatable bonds is 1. The van der Waals surface area contributed by atoms with Gasteiger partial charge in [0.25, 0.3) is 0 Å². The summed E-state index contributed by atoms with van der Waals surface area (Å²) in [7, 11) is 0. The fourth-order valence-electron chi connectivity index (χ4n) is 0. The first kappa shape index (κ1) is 15.7. The van der Waals surface area contributed by atoms with Gasteiger partial charge in [0.15, 0.2) is 0 Å². The number of hydrogen-bond acceptors (Lipinski definition) is 2. The second-order valence-corrected chi connectivity index (χ2v) is 1.09. The summed E-state index contributed by atoms with van der Waals surface area (Å²) in [5.41, 5.74) is 0.176. The van der Waals surface area contributed by atoms with Gasteiger partial charge >= 0.3 is 35.5 Å². The van der Waals surface area contributed by atoms with Crippen molar-refractivity contribution in [3.05, 3.63) is 12.2 Å². The van der Waals surface area contributed by atoms with Crippen LogP contribution < -0.4 is 6.15 Å². The Labute approximate surface area is 70.6 Å². The molecular weight excluding hydrogens is 117 g/mol. The van der Waals surface area contributed by atoms with E-state index in [0.717, 1.165) is 0 Å². The predicted molar refractivity (Wildman–Crippen MR) is 34.6 cm³/mol. The molecule has 0 aromatic carbocycles. The van der Waals surface area contributed by atoms with Gasteiger partial charge in [0, 0.05) is 5.57 Å². The number of carbonyl (C=O) groups is 1. The van der Waals surface area contributed by atoms with Crippen LogP contribution >= 0.6 is 0 Å². The number of carboxylic acid groups (broad SMARTS) is 1. The van der Waals surface area contributed by atoms with E-state index in [4.69, 9.17) is 5.11 Å². The molecule has 0 saturated heterocycles. The number of carboxylic acids is 1. The van der Waals surface area contributed by atoms with Crippen molar-refractivity contribution in [1.29, 1.82) is 0 Å². The van der Waals surface area contributed by atoms with Crippen molar-refractivity contribution in [1.82, 2.24) is 6.15 Å². The van der Waals surface area contributed by atoms with Crippen molar-refractivity contribution in [3.63, 3.8) is 0 Å². The van der Waals surface area contributed by atoms with Crippen molar-refractivity contribution in [2.45, 2.75) is 6.92 Å². The molecule has 0 aromatic heterocycles. The molecule has 4 heteroatoms. The van der Waals surface area contributed by atoms with Crippen LogP contribution in [0.15, 0.2) is 12.2 Å². The molecule has 0 radical (unpaired) electrons. The minimum absolute atomic E-state index is 0. The van der Waals surface area contributed by atoms with Crippen LogP contribution in [0.1, 0.15) is 6.92 Å². The zero-order chi connectivity index (χ0) is 5.15. The molecule has 0 amide bonds. The molecular formula is C4H10NNaO2. The molecule has 3 nitrogen and oxygen atoms in total. The average molecular weight is 127 g/mol. The van der Waals surface area contributed by atoms with Crippen molar-refractivity contribution in [2.24, 2.45) is 0 Å². The van der Waals surface area contributed by atoms with E-state index in [1.165, 1.54) is 6.92 Å². The van der Waals surface area contributed by atoms with Gasteiger partial charge in [-0.05, 0) is 6.92 Å². The van der Waals surface area contributed by atoms with Crippen LogP contribution in [0.2, 0.25) is 0 Å². The molecule has 4 N–H and O–H groups in total. The molecule has 0 unspecified atom stereocenters. The fraction of sp³-hybridized carbons (Fsp3) is 0.250. The first-order valence-corrected chi connectivity index (χ1v) is 1.53. The van der Waals surface area contributed by atoms with Crippen LogP contribution in [0.3, 0.4) is 0 Å². The Hall–Kier alpha value is 0.170. The molecule has 44 valence electrons. The summed E-state index contributed by atoms with van der Waals surface area (Å²) >= 11 is 0. The first-order chi connectivity index (χ1) is 2.64. The first-order valence-electron chi connectivity index (χ1n) is 1.53. The predicted octanol–water partition coefficient (Wildman–Crippen LogP) is 0.161. The maximum atomic E-state index is 9.60. The normalized spacial score (nSPS) is 5.62. The quantitative estimate of drug-likeness (QED) is 0.389. The summed E-state index contributed by atoms with van der Waals surface area (Å²) in [5, 5.41) is 7.89. The summed E-state index contributed by atoms with van der Waals surface area (Å²) in [6.45, 7) is 4.60. The molecule has 0 atom stereocenters. The Kier molecular flexibility index (Phi) is 14.1. The van der Waals surface area contributed by atoms with Crippen molar-refractivity contribution >= 4 is 35.5 Å². The van der Waals surface area contributed by atoms with E-state index in [-0.39, 0.29) is 41.3 Å². The maximum absolute atomic E-state index is 9.60. The van der Waals surface area contributed by atoms with Gasteiger partial charge in [-0.3, -0.25) is 0 Å². The van der Waals surface area contributed by atoms with Crippen LogP contribution in [-0.2, 0) is 4.79 Å². The molecule has 0 saturated carbocycles. The zero-order valence-electron chi connectivity index (χ0n) is 4.27. The zero-order valence-corrected chi connectivity index (χ0v) is 4.27.